The maximum absolute atomic E-state index is 10.6. The predicted molar refractivity (Wildman–Crippen MR) is 34.7 cm³/mol. The van der Waals surface area contributed by atoms with Gasteiger partial charge in [0, 0.05) is 12.1 Å². The molecule has 0 aromatic carbocycles. The highest BCUT2D eigenvalue weighted by Gasteiger charge is 2.01. The molecule has 52 valence electrons. The summed E-state index contributed by atoms with van der Waals surface area (Å²) < 4.78 is 0. The molecule has 0 bridgehead atoms. The number of rotatable bonds is 2. The molecule has 0 unspecified atom stereocenters. The molecule has 9 heavy (non-hydrogen) atoms. The van der Waals surface area contributed by atoms with Gasteiger partial charge in [0.2, 0.25) is 5.91 Å². The molecule has 0 spiro atoms. The lowest BCUT2D eigenvalue weighted by Crippen LogP contribution is -2.22. The van der Waals surface area contributed by atoms with Gasteiger partial charge in [-0.05, 0) is 0 Å². The zero-order valence-electron chi connectivity index (χ0n) is 5.59. The third-order valence-electron chi connectivity index (χ3n) is 0.825. The highest BCUT2D eigenvalue weighted by molar-refractivity contribution is 5.78. The van der Waals surface area contributed by atoms with Crippen molar-refractivity contribution in [2.75, 3.05) is 0 Å². The Hall–Kier alpha value is -0.990. The third-order valence-corrected chi connectivity index (χ3v) is 0.825. The normalized spacial score (nSPS) is 10.6. The molecular formula is C6H11NO2. The smallest absolute Gasteiger partial charge is 0.226 e. The number of hydrogen-bond acceptors (Lipinski definition) is 2. The molecule has 0 aliphatic rings. The van der Waals surface area contributed by atoms with Crippen LogP contribution in [0.3, 0.4) is 0 Å². The molecule has 0 atom stereocenters. The molecule has 0 heterocycles. The van der Waals surface area contributed by atoms with Crippen molar-refractivity contribution in [2.45, 2.75) is 13.8 Å². The minimum atomic E-state index is -0.0969. The van der Waals surface area contributed by atoms with E-state index in [1.807, 2.05) is 0 Å². The molecular weight excluding hydrogens is 118 g/mol. The van der Waals surface area contributed by atoms with Crippen LogP contribution in [0.15, 0.2) is 12.5 Å². The van der Waals surface area contributed by atoms with Crippen LogP contribution in [0, 0.1) is 5.92 Å². The van der Waals surface area contributed by atoms with Crippen molar-refractivity contribution in [3.63, 3.8) is 0 Å². The van der Waals surface area contributed by atoms with Crippen LogP contribution in [0.2, 0.25) is 0 Å². The summed E-state index contributed by atoms with van der Waals surface area (Å²) in [4.78, 5) is 10.6. The molecule has 1 amide bonds. The van der Waals surface area contributed by atoms with Crippen LogP contribution in [-0.2, 0) is 4.79 Å². The zero-order chi connectivity index (χ0) is 7.28. The maximum atomic E-state index is 10.6. The standard InChI is InChI=1S/C6H11NO2/c1-5(2)6(9)7-3-4-8/h3-5,8H,1-2H3,(H,7,9). The fraction of sp³-hybridized carbons (Fsp3) is 0.500. The lowest BCUT2D eigenvalue weighted by molar-refractivity contribution is -0.123. The molecule has 0 saturated carbocycles. The van der Waals surface area contributed by atoms with E-state index in [4.69, 9.17) is 5.11 Å². The number of amides is 1. The van der Waals surface area contributed by atoms with Crippen LogP contribution < -0.4 is 5.32 Å². The largest absolute Gasteiger partial charge is 0.514 e. The quantitative estimate of drug-likeness (QED) is 0.541. The summed E-state index contributed by atoms with van der Waals surface area (Å²) in [5.74, 6) is -0.137. The van der Waals surface area contributed by atoms with E-state index < -0.39 is 0 Å². The number of nitrogens with one attached hydrogen (secondary N) is 1. The van der Waals surface area contributed by atoms with Crippen molar-refractivity contribution in [1.82, 2.24) is 5.32 Å². The van der Waals surface area contributed by atoms with Crippen molar-refractivity contribution >= 4 is 5.91 Å². The number of carbonyl (C=O) groups excluding carboxylic acids is 1. The zero-order valence-corrected chi connectivity index (χ0v) is 5.59. The van der Waals surface area contributed by atoms with Crippen molar-refractivity contribution in [3.05, 3.63) is 12.5 Å². The van der Waals surface area contributed by atoms with Crippen LogP contribution in [0.5, 0.6) is 0 Å². The van der Waals surface area contributed by atoms with Gasteiger partial charge >= 0.3 is 0 Å². The predicted octanol–water partition coefficient (Wildman–Crippen LogP) is 0.788. The van der Waals surface area contributed by atoms with Gasteiger partial charge < -0.3 is 10.4 Å². The number of hydrogen-bond donors (Lipinski definition) is 2. The lowest BCUT2D eigenvalue weighted by atomic mass is 10.2. The Balaban J connectivity index is 3.51. The van der Waals surface area contributed by atoms with Gasteiger partial charge in [-0.3, -0.25) is 4.79 Å². The number of aliphatic hydroxyl groups is 1. The highest BCUT2D eigenvalue weighted by Crippen LogP contribution is 1.88. The van der Waals surface area contributed by atoms with Crippen molar-refractivity contribution in [1.29, 1.82) is 0 Å². The first-order valence-electron chi connectivity index (χ1n) is 2.78. The summed E-state index contributed by atoms with van der Waals surface area (Å²) in [6, 6.07) is 0. The van der Waals surface area contributed by atoms with Gasteiger partial charge in [0.25, 0.3) is 0 Å². The number of carbonyl (C=O) groups is 1. The van der Waals surface area contributed by atoms with Gasteiger partial charge in [-0.1, -0.05) is 13.8 Å². The molecule has 3 heteroatoms. The Morgan fingerprint density at radius 1 is 1.67 bits per heavy atom. The van der Waals surface area contributed by atoms with Gasteiger partial charge in [0.15, 0.2) is 0 Å². The molecule has 0 aliphatic heterocycles. The van der Waals surface area contributed by atoms with Crippen LogP contribution in [0.25, 0.3) is 0 Å². The van der Waals surface area contributed by atoms with Crippen LogP contribution in [-0.4, -0.2) is 11.0 Å². The maximum Gasteiger partial charge on any atom is 0.226 e. The molecule has 0 radical (unpaired) electrons. The van der Waals surface area contributed by atoms with Gasteiger partial charge in [-0.2, -0.15) is 0 Å². The van der Waals surface area contributed by atoms with Crippen LogP contribution in [0.4, 0.5) is 0 Å². The average molecular weight is 129 g/mol. The minimum Gasteiger partial charge on any atom is -0.514 e. The van der Waals surface area contributed by atoms with Gasteiger partial charge in [-0.25, -0.2) is 0 Å². The Bertz CT molecular complexity index is 118. The Labute approximate surface area is 54.4 Å². The Morgan fingerprint density at radius 2 is 2.22 bits per heavy atom. The SMILES string of the molecule is CC(C)C(=O)NC=CO. The second-order valence-electron chi connectivity index (χ2n) is 1.98. The summed E-state index contributed by atoms with van der Waals surface area (Å²) in [7, 11) is 0. The first-order chi connectivity index (χ1) is 4.18. The van der Waals surface area contributed by atoms with Gasteiger partial charge in [-0.15, -0.1) is 0 Å². The summed E-state index contributed by atoms with van der Waals surface area (Å²) in [5, 5.41) is 10.5. The second-order valence-corrected chi connectivity index (χ2v) is 1.98. The van der Waals surface area contributed by atoms with Crippen molar-refractivity contribution in [3.8, 4) is 0 Å². The van der Waals surface area contributed by atoms with E-state index in [0.717, 1.165) is 6.26 Å². The summed E-state index contributed by atoms with van der Waals surface area (Å²) >= 11 is 0. The fourth-order valence-electron chi connectivity index (χ4n) is 0.286. The van der Waals surface area contributed by atoms with Crippen molar-refractivity contribution < 1.29 is 9.90 Å². The highest BCUT2D eigenvalue weighted by atomic mass is 16.2. The first kappa shape index (κ1) is 8.01. The summed E-state index contributed by atoms with van der Waals surface area (Å²) in [5.41, 5.74) is 0. The fourth-order valence-corrected chi connectivity index (χ4v) is 0.286. The first-order valence-corrected chi connectivity index (χ1v) is 2.78. The number of aliphatic hydroxyl groups excluding tert-OH is 1. The lowest BCUT2D eigenvalue weighted by Gasteiger charge is -2.00. The average Bonchev–Trinajstić information content (AvgIpc) is 1.82. The molecule has 0 rings (SSSR count). The van der Waals surface area contributed by atoms with Crippen molar-refractivity contribution in [2.24, 2.45) is 5.92 Å². The Morgan fingerprint density at radius 3 is 2.56 bits per heavy atom. The third kappa shape index (κ3) is 3.58. The van der Waals surface area contributed by atoms with E-state index in [1.165, 1.54) is 6.20 Å². The van der Waals surface area contributed by atoms with Crippen LogP contribution >= 0.6 is 0 Å². The Kier molecular flexibility index (Phi) is 3.51. The van der Waals surface area contributed by atoms with Crippen LogP contribution in [0.1, 0.15) is 13.8 Å². The van der Waals surface area contributed by atoms with E-state index >= 15 is 0 Å². The second kappa shape index (κ2) is 3.95. The van der Waals surface area contributed by atoms with E-state index in [0.29, 0.717) is 0 Å². The molecule has 0 aromatic rings. The topological polar surface area (TPSA) is 49.3 Å². The molecule has 0 saturated heterocycles. The minimum absolute atomic E-state index is 0.0406. The molecule has 0 fully saturated rings. The molecule has 3 nitrogen and oxygen atoms in total. The van der Waals surface area contributed by atoms with E-state index in [9.17, 15) is 4.79 Å². The molecule has 2 N–H and O–H groups in total. The van der Waals surface area contributed by atoms with E-state index in [1.54, 1.807) is 13.8 Å². The summed E-state index contributed by atoms with van der Waals surface area (Å²) in [6.45, 7) is 3.56. The summed E-state index contributed by atoms with van der Waals surface area (Å²) in [6.07, 6.45) is 1.99. The molecule has 0 aliphatic carbocycles. The molecule has 0 aromatic heterocycles. The van der Waals surface area contributed by atoms with Gasteiger partial charge in [0.1, 0.15) is 0 Å². The monoisotopic (exact) mass is 129 g/mol. The van der Waals surface area contributed by atoms with E-state index in [-0.39, 0.29) is 11.8 Å². The van der Waals surface area contributed by atoms with E-state index in [2.05, 4.69) is 5.32 Å². The van der Waals surface area contributed by atoms with Gasteiger partial charge in [0.05, 0.1) is 6.26 Å².